The lowest BCUT2D eigenvalue weighted by Crippen LogP contribution is -2.18. The first kappa shape index (κ1) is 20.9. The molecule has 0 unspecified atom stereocenters. The molecule has 30 heavy (non-hydrogen) atoms. The van der Waals surface area contributed by atoms with Crippen molar-refractivity contribution in [3.8, 4) is 11.5 Å². The van der Waals surface area contributed by atoms with Crippen LogP contribution in [0.5, 0.6) is 11.5 Å². The molecular formula is C23H23N3O4. The van der Waals surface area contributed by atoms with E-state index in [4.69, 9.17) is 13.9 Å². The minimum Gasteiger partial charge on any atom is -0.495 e. The molecule has 2 heterocycles. The number of hydrogen-bond acceptors (Lipinski definition) is 6. The van der Waals surface area contributed by atoms with E-state index in [1.807, 2.05) is 43.3 Å². The summed E-state index contributed by atoms with van der Waals surface area (Å²) < 4.78 is 16.8. The molecule has 0 saturated carbocycles. The molecule has 2 aromatic heterocycles. The highest BCUT2D eigenvalue weighted by Crippen LogP contribution is 2.26. The third kappa shape index (κ3) is 4.94. The summed E-state index contributed by atoms with van der Waals surface area (Å²) in [7, 11) is 3.16. The van der Waals surface area contributed by atoms with Crippen LogP contribution in [0.15, 0.2) is 71.3 Å². The Hall–Kier alpha value is -3.87. The monoisotopic (exact) mass is 405 g/mol. The Balaban J connectivity index is 1.73. The highest BCUT2D eigenvalue weighted by Gasteiger charge is 2.10. The van der Waals surface area contributed by atoms with Crippen molar-refractivity contribution in [3.05, 3.63) is 78.5 Å². The van der Waals surface area contributed by atoms with Gasteiger partial charge in [-0.25, -0.2) is 4.98 Å². The second kappa shape index (κ2) is 9.56. The Morgan fingerprint density at radius 1 is 1.23 bits per heavy atom. The van der Waals surface area contributed by atoms with Gasteiger partial charge in [0.05, 0.1) is 19.0 Å². The van der Waals surface area contributed by atoms with Gasteiger partial charge >= 0.3 is 0 Å². The predicted molar refractivity (Wildman–Crippen MR) is 115 cm³/mol. The van der Waals surface area contributed by atoms with Crippen LogP contribution in [0.1, 0.15) is 18.5 Å². The largest absolute Gasteiger partial charge is 0.495 e. The Morgan fingerprint density at radius 2 is 2.03 bits per heavy atom. The van der Waals surface area contributed by atoms with Crippen molar-refractivity contribution in [1.82, 2.24) is 15.3 Å². The number of fused-ring (bicyclic) bond motifs is 1. The van der Waals surface area contributed by atoms with E-state index in [1.54, 1.807) is 32.5 Å². The maximum absolute atomic E-state index is 11.6. The normalized spacial score (nSPS) is 11.6. The van der Waals surface area contributed by atoms with E-state index in [2.05, 4.69) is 21.9 Å². The standard InChI is InChI=1S/C23H23N3O4/c1-5-16(7-6-15(2)22(27)24-3)23-26-20-12-18(10-11-21(20)30-23)29-14-17-8-9-19(28-4)13-25-17/h5-13H,2,14H2,1,3-4H3,(H,24,27)/b7-6-,16-5+. The minimum absolute atomic E-state index is 0.243. The van der Waals surface area contributed by atoms with E-state index in [0.29, 0.717) is 40.7 Å². The number of rotatable bonds is 8. The van der Waals surface area contributed by atoms with Crippen molar-refractivity contribution in [2.24, 2.45) is 0 Å². The number of methoxy groups -OCH3 is 1. The highest BCUT2D eigenvalue weighted by molar-refractivity contribution is 5.96. The second-order valence-corrected chi connectivity index (χ2v) is 6.31. The molecule has 0 atom stereocenters. The van der Waals surface area contributed by atoms with Gasteiger partial charge in [-0.1, -0.05) is 12.7 Å². The Kier molecular flexibility index (Phi) is 6.64. The number of likely N-dealkylation sites (N-methyl/N-ethyl adjacent to an activating group) is 1. The van der Waals surface area contributed by atoms with Gasteiger partial charge in [0.1, 0.15) is 23.6 Å². The van der Waals surface area contributed by atoms with E-state index in [9.17, 15) is 4.79 Å². The Labute approximate surface area is 174 Å². The highest BCUT2D eigenvalue weighted by atomic mass is 16.5. The average Bonchev–Trinajstić information content (AvgIpc) is 3.20. The number of ether oxygens (including phenoxy) is 2. The van der Waals surface area contributed by atoms with Gasteiger partial charge in [-0.05, 0) is 43.3 Å². The number of allylic oxidation sites excluding steroid dienone is 3. The average molecular weight is 405 g/mol. The van der Waals surface area contributed by atoms with Gasteiger partial charge in [0.2, 0.25) is 11.8 Å². The van der Waals surface area contributed by atoms with Crippen molar-refractivity contribution in [3.63, 3.8) is 0 Å². The predicted octanol–water partition coefficient (Wildman–Crippen LogP) is 4.07. The van der Waals surface area contributed by atoms with Crippen LogP contribution in [-0.2, 0) is 11.4 Å². The van der Waals surface area contributed by atoms with Crippen molar-refractivity contribution >= 4 is 22.6 Å². The first-order valence-electron chi connectivity index (χ1n) is 9.32. The Morgan fingerprint density at radius 3 is 2.70 bits per heavy atom. The summed E-state index contributed by atoms with van der Waals surface area (Å²) in [6.45, 7) is 5.92. The summed E-state index contributed by atoms with van der Waals surface area (Å²) in [5.74, 6) is 1.56. The topological polar surface area (TPSA) is 86.5 Å². The zero-order valence-electron chi connectivity index (χ0n) is 17.1. The number of hydrogen-bond donors (Lipinski definition) is 1. The van der Waals surface area contributed by atoms with E-state index in [-0.39, 0.29) is 5.91 Å². The molecule has 0 radical (unpaired) electrons. The van der Waals surface area contributed by atoms with Gasteiger partial charge in [-0.3, -0.25) is 9.78 Å². The fourth-order valence-corrected chi connectivity index (χ4v) is 2.61. The van der Waals surface area contributed by atoms with Gasteiger partial charge in [-0.2, -0.15) is 0 Å². The molecule has 0 saturated heterocycles. The molecule has 1 amide bonds. The molecule has 0 aliphatic carbocycles. The summed E-state index contributed by atoms with van der Waals surface area (Å²) in [6.07, 6.45) is 6.87. The second-order valence-electron chi connectivity index (χ2n) is 6.31. The van der Waals surface area contributed by atoms with Gasteiger partial charge in [-0.15, -0.1) is 0 Å². The number of oxazole rings is 1. The lowest BCUT2D eigenvalue weighted by Gasteiger charge is -2.06. The number of carbonyl (C=O) groups is 1. The van der Waals surface area contributed by atoms with Crippen LogP contribution in [0.25, 0.3) is 16.7 Å². The van der Waals surface area contributed by atoms with E-state index in [1.165, 1.54) is 0 Å². The number of carbonyl (C=O) groups excluding carboxylic acids is 1. The van der Waals surface area contributed by atoms with Crippen LogP contribution < -0.4 is 14.8 Å². The fraction of sp³-hybridized carbons (Fsp3) is 0.174. The molecule has 0 spiro atoms. The number of pyridine rings is 1. The van der Waals surface area contributed by atoms with Gasteiger partial charge < -0.3 is 19.2 Å². The van der Waals surface area contributed by atoms with E-state index >= 15 is 0 Å². The number of aromatic nitrogens is 2. The molecule has 0 aliphatic heterocycles. The third-order valence-corrected chi connectivity index (χ3v) is 4.32. The first-order chi connectivity index (χ1) is 14.5. The van der Waals surface area contributed by atoms with Crippen LogP contribution in [-0.4, -0.2) is 30.0 Å². The summed E-state index contributed by atoms with van der Waals surface area (Å²) in [5, 5.41) is 2.53. The molecular weight excluding hydrogens is 382 g/mol. The summed E-state index contributed by atoms with van der Waals surface area (Å²) >= 11 is 0. The molecule has 1 N–H and O–H groups in total. The molecule has 3 aromatic rings. The number of benzene rings is 1. The van der Waals surface area contributed by atoms with Crippen molar-refractivity contribution < 1.29 is 18.7 Å². The zero-order valence-corrected chi connectivity index (χ0v) is 17.1. The molecule has 3 rings (SSSR count). The summed E-state index contributed by atoms with van der Waals surface area (Å²) in [4.78, 5) is 20.4. The zero-order chi connectivity index (χ0) is 21.5. The smallest absolute Gasteiger partial charge is 0.250 e. The number of nitrogens with zero attached hydrogens (tertiary/aromatic N) is 2. The van der Waals surface area contributed by atoms with Crippen LogP contribution in [0.3, 0.4) is 0 Å². The van der Waals surface area contributed by atoms with E-state index < -0.39 is 0 Å². The van der Waals surface area contributed by atoms with Gasteiger partial charge in [0.15, 0.2) is 5.58 Å². The SMILES string of the molecule is C=C(/C=C\C(=C/C)c1nc2cc(OCc3ccc(OC)cn3)ccc2o1)C(=O)NC. The molecule has 7 nitrogen and oxygen atoms in total. The first-order valence-corrected chi connectivity index (χ1v) is 9.32. The van der Waals surface area contributed by atoms with Crippen LogP contribution >= 0.6 is 0 Å². The van der Waals surface area contributed by atoms with Gasteiger partial charge in [0, 0.05) is 24.3 Å². The van der Waals surface area contributed by atoms with Crippen LogP contribution in [0.4, 0.5) is 0 Å². The number of nitrogens with one attached hydrogen (secondary N) is 1. The molecule has 154 valence electrons. The molecule has 1 aromatic carbocycles. The Bertz CT molecular complexity index is 1110. The lowest BCUT2D eigenvalue weighted by molar-refractivity contribution is -0.116. The molecule has 7 heteroatoms. The van der Waals surface area contributed by atoms with Crippen molar-refractivity contribution in [2.75, 3.05) is 14.2 Å². The minimum atomic E-state index is -0.243. The maximum Gasteiger partial charge on any atom is 0.250 e. The van der Waals surface area contributed by atoms with E-state index in [0.717, 1.165) is 11.3 Å². The van der Waals surface area contributed by atoms with Crippen molar-refractivity contribution in [1.29, 1.82) is 0 Å². The van der Waals surface area contributed by atoms with Crippen LogP contribution in [0.2, 0.25) is 0 Å². The molecule has 0 bridgehead atoms. The van der Waals surface area contributed by atoms with Crippen LogP contribution in [0, 0.1) is 0 Å². The third-order valence-electron chi connectivity index (χ3n) is 4.32. The molecule has 0 aliphatic rings. The maximum atomic E-state index is 11.6. The van der Waals surface area contributed by atoms with Crippen molar-refractivity contribution in [2.45, 2.75) is 13.5 Å². The summed E-state index contributed by atoms with van der Waals surface area (Å²) in [5.41, 5.74) is 3.17. The quantitative estimate of drug-likeness (QED) is 0.449. The molecule has 0 fully saturated rings. The summed E-state index contributed by atoms with van der Waals surface area (Å²) in [6, 6.07) is 9.13. The van der Waals surface area contributed by atoms with Gasteiger partial charge in [0.25, 0.3) is 0 Å². The fourth-order valence-electron chi connectivity index (χ4n) is 2.61. The lowest BCUT2D eigenvalue weighted by atomic mass is 10.2. The number of amides is 1.